The van der Waals surface area contributed by atoms with E-state index in [1.165, 1.54) is 43.2 Å². The van der Waals surface area contributed by atoms with Gasteiger partial charge in [-0.05, 0) is 66.9 Å². The summed E-state index contributed by atoms with van der Waals surface area (Å²) in [5, 5.41) is 4.03. The maximum Gasteiger partial charge on any atom is 0.0721 e. The fraction of sp³-hybridized carbons (Fsp3) is 0.684. The molecular weight excluding hydrogens is 258 g/mol. The van der Waals surface area contributed by atoms with Crippen LogP contribution in [-0.4, -0.2) is 12.6 Å². The third-order valence-electron chi connectivity index (χ3n) is 6.59. The average molecular weight is 283 g/mol. The summed E-state index contributed by atoms with van der Waals surface area (Å²) in [6.45, 7) is 1.63. The summed E-state index contributed by atoms with van der Waals surface area (Å²) < 4.78 is 5.84. The molecule has 2 heteroatoms. The van der Waals surface area contributed by atoms with Crippen LogP contribution in [0.3, 0.4) is 0 Å². The van der Waals surface area contributed by atoms with Crippen LogP contribution < -0.4 is 5.32 Å². The van der Waals surface area contributed by atoms with Crippen LogP contribution in [0.25, 0.3) is 0 Å². The number of benzene rings is 1. The molecule has 1 unspecified atom stereocenters. The molecule has 1 aromatic rings. The number of ether oxygens (including phenoxy) is 1. The summed E-state index contributed by atoms with van der Waals surface area (Å²) in [6.07, 6.45) is 7.48. The summed E-state index contributed by atoms with van der Waals surface area (Å²) in [5.74, 6) is 3.99. The first kappa shape index (κ1) is 12.7. The Morgan fingerprint density at radius 2 is 1.62 bits per heavy atom. The Morgan fingerprint density at radius 3 is 2.38 bits per heavy atom. The lowest BCUT2D eigenvalue weighted by molar-refractivity contribution is -0.0257. The molecule has 0 radical (unpaired) electrons. The van der Waals surface area contributed by atoms with Gasteiger partial charge in [0.1, 0.15) is 0 Å². The third-order valence-corrected chi connectivity index (χ3v) is 6.59. The fourth-order valence-corrected chi connectivity index (χ4v) is 5.95. The van der Waals surface area contributed by atoms with Gasteiger partial charge in [0.2, 0.25) is 0 Å². The Balaban J connectivity index is 1.39. The highest BCUT2D eigenvalue weighted by molar-refractivity contribution is 5.31. The van der Waals surface area contributed by atoms with Crippen molar-refractivity contribution in [3.8, 4) is 0 Å². The van der Waals surface area contributed by atoms with E-state index >= 15 is 0 Å². The maximum absolute atomic E-state index is 5.84. The van der Waals surface area contributed by atoms with Gasteiger partial charge in [0.05, 0.1) is 19.3 Å². The van der Waals surface area contributed by atoms with Crippen molar-refractivity contribution in [2.75, 3.05) is 6.61 Å². The smallest absolute Gasteiger partial charge is 0.0721 e. The molecule has 112 valence electrons. The van der Waals surface area contributed by atoms with Crippen molar-refractivity contribution in [3.63, 3.8) is 0 Å². The van der Waals surface area contributed by atoms with Crippen LogP contribution >= 0.6 is 0 Å². The molecule has 0 saturated heterocycles. The highest BCUT2D eigenvalue weighted by Crippen LogP contribution is 2.54. The van der Waals surface area contributed by atoms with Gasteiger partial charge in [0.15, 0.2) is 0 Å². The van der Waals surface area contributed by atoms with Gasteiger partial charge in [0.25, 0.3) is 0 Å². The quantitative estimate of drug-likeness (QED) is 0.894. The molecule has 21 heavy (non-hydrogen) atoms. The summed E-state index contributed by atoms with van der Waals surface area (Å²) in [5.41, 5.74) is 2.86. The molecule has 6 rings (SSSR count). The Morgan fingerprint density at radius 1 is 0.905 bits per heavy atom. The van der Waals surface area contributed by atoms with Crippen LogP contribution in [-0.2, 0) is 11.3 Å². The molecule has 1 aliphatic heterocycles. The Bertz CT molecular complexity index is 512. The standard InChI is InChI=1S/C19H25NO/c1-2-4-17-14(3-1)10-21-11-18(17)20-19-15-6-12-5-13(8-15)9-16(19)7-12/h1-4,12-13,15-16,18-20H,5-11H2. The van der Waals surface area contributed by atoms with Crippen molar-refractivity contribution in [2.45, 2.75) is 50.8 Å². The van der Waals surface area contributed by atoms with Crippen LogP contribution in [0.4, 0.5) is 0 Å². The largest absolute Gasteiger partial charge is 0.375 e. The van der Waals surface area contributed by atoms with E-state index in [4.69, 9.17) is 4.74 Å². The molecule has 5 aliphatic rings. The third kappa shape index (κ3) is 2.07. The lowest BCUT2D eigenvalue weighted by Crippen LogP contribution is -2.55. The molecule has 4 bridgehead atoms. The van der Waals surface area contributed by atoms with E-state index in [2.05, 4.69) is 29.6 Å². The first-order valence-corrected chi connectivity index (χ1v) is 8.78. The van der Waals surface area contributed by atoms with Crippen molar-refractivity contribution in [2.24, 2.45) is 23.7 Å². The number of hydrogen-bond donors (Lipinski definition) is 1. The van der Waals surface area contributed by atoms with Gasteiger partial charge in [-0.3, -0.25) is 0 Å². The fourth-order valence-electron chi connectivity index (χ4n) is 5.95. The van der Waals surface area contributed by atoms with Gasteiger partial charge in [-0.15, -0.1) is 0 Å². The van der Waals surface area contributed by atoms with E-state index in [0.717, 1.165) is 42.9 Å². The second-order valence-electron chi connectivity index (χ2n) is 7.89. The predicted octanol–water partition coefficient (Wildman–Crippen LogP) is 3.67. The van der Waals surface area contributed by atoms with Crippen LogP contribution in [0.15, 0.2) is 24.3 Å². The minimum atomic E-state index is 0.414. The van der Waals surface area contributed by atoms with Crippen molar-refractivity contribution in [3.05, 3.63) is 35.4 Å². The zero-order valence-electron chi connectivity index (χ0n) is 12.6. The molecular formula is C19H25NO. The number of rotatable bonds is 2. The first-order chi connectivity index (χ1) is 10.4. The lowest BCUT2D eigenvalue weighted by Gasteiger charge is -2.55. The van der Waals surface area contributed by atoms with Crippen LogP contribution in [0.5, 0.6) is 0 Å². The summed E-state index contributed by atoms with van der Waals surface area (Å²) in [7, 11) is 0. The Hall–Kier alpha value is -0.860. The molecule has 4 saturated carbocycles. The highest BCUT2D eigenvalue weighted by atomic mass is 16.5. The molecule has 0 aromatic heterocycles. The molecule has 1 atom stereocenters. The number of nitrogens with one attached hydrogen (secondary N) is 1. The van der Waals surface area contributed by atoms with E-state index in [1.54, 1.807) is 0 Å². The monoisotopic (exact) mass is 283 g/mol. The van der Waals surface area contributed by atoms with Crippen LogP contribution in [0.1, 0.15) is 49.3 Å². The molecule has 1 heterocycles. The zero-order valence-corrected chi connectivity index (χ0v) is 12.6. The summed E-state index contributed by atoms with van der Waals surface area (Å²) in [4.78, 5) is 0. The zero-order chi connectivity index (χ0) is 13.8. The van der Waals surface area contributed by atoms with Crippen LogP contribution in [0.2, 0.25) is 0 Å². The predicted molar refractivity (Wildman–Crippen MR) is 82.8 cm³/mol. The average Bonchev–Trinajstić information content (AvgIpc) is 2.50. The second kappa shape index (κ2) is 4.82. The molecule has 2 nitrogen and oxygen atoms in total. The molecule has 4 aliphatic carbocycles. The second-order valence-corrected chi connectivity index (χ2v) is 7.89. The Kier molecular flexibility index (Phi) is 2.91. The van der Waals surface area contributed by atoms with E-state index in [9.17, 15) is 0 Å². The van der Waals surface area contributed by atoms with Gasteiger partial charge in [-0.1, -0.05) is 24.3 Å². The van der Waals surface area contributed by atoms with Crippen molar-refractivity contribution < 1.29 is 4.74 Å². The molecule has 1 N–H and O–H groups in total. The summed E-state index contributed by atoms with van der Waals surface area (Å²) in [6, 6.07) is 9.99. The molecule has 0 amide bonds. The molecule has 1 aromatic carbocycles. The molecule has 4 fully saturated rings. The van der Waals surface area contributed by atoms with Crippen molar-refractivity contribution in [1.29, 1.82) is 0 Å². The SMILES string of the molecule is c1ccc2c(c1)COCC2NC1C2CC3CC(C2)CC1C3. The minimum absolute atomic E-state index is 0.414. The normalized spacial score (nSPS) is 43.8. The Labute approximate surface area is 127 Å². The highest BCUT2D eigenvalue weighted by Gasteiger charge is 2.48. The van der Waals surface area contributed by atoms with E-state index in [0.29, 0.717) is 6.04 Å². The van der Waals surface area contributed by atoms with Crippen molar-refractivity contribution >= 4 is 0 Å². The van der Waals surface area contributed by atoms with E-state index in [-0.39, 0.29) is 0 Å². The van der Waals surface area contributed by atoms with Gasteiger partial charge in [-0.2, -0.15) is 0 Å². The molecule has 0 spiro atoms. The van der Waals surface area contributed by atoms with Crippen LogP contribution in [0, 0.1) is 23.7 Å². The van der Waals surface area contributed by atoms with E-state index < -0.39 is 0 Å². The van der Waals surface area contributed by atoms with Gasteiger partial charge in [-0.25, -0.2) is 0 Å². The minimum Gasteiger partial charge on any atom is -0.375 e. The van der Waals surface area contributed by atoms with Gasteiger partial charge >= 0.3 is 0 Å². The topological polar surface area (TPSA) is 21.3 Å². The first-order valence-electron chi connectivity index (χ1n) is 8.78. The number of hydrogen-bond acceptors (Lipinski definition) is 2. The van der Waals surface area contributed by atoms with Crippen molar-refractivity contribution in [1.82, 2.24) is 5.32 Å². The summed E-state index contributed by atoms with van der Waals surface area (Å²) >= 11 is 0. The number of fused-ring (bicyclic) bond motifs is 1. The maximum atomic E-state index is 5.84. The lowest BCUT2D eigenvalue weighted by atomic mass is 9.54. The van der Waals surface area contributed by atoms with Gasteiger partial charge in [0, 0.05) is 6.04 Å². The van der Waals surface area contributed by atoms with Gasteiger partial charge < -0.3 is 10.1 Å². The van der Waals surface area contributed by atoms with E-state index in [1.807, 2.05) is 0 Å².